The number of sulfonamides is 1. The molecule has 0 saturated heterocycles. The summed E-state index contributed by atoms with van der Waals surface area (Å²) in [7, 11) is -2.33. The zero-order valence-electron chi connectivity index (χ0n) is 10.9. The van der Waals surface area contributed by atoms with E-state index >= 15 is 0 Å². The Bertz CT molecular complexity index is 727. The molecule has 1 aromatic carbocycles. The van der Waals surface area contributed by atoms with E-state index in [2.05, 4.69) is 15.9 Å². The number of nitrogens with zero attached hydrogens (tertiary/aromatic N) is 1. The van der Waals surface area contributed by atoms with Crippen LogP contribution in [-0.2, 0) is 16.6 Å². The van der Waals surface area contributed by atoms with E-state index < -0.39 is 15.8 Å². The van der Waals surface area contributed by atoms with E-state index in [-0.39, 0.29) is 15.9 Å². The summed E-state index contributed by atoms with van der Waals surface area (Å²) >= 11 is 2.99. The van der Waals surface area contributed by atoms with Crippen LogP contribution in [0.15, 0.2) is 44.1 Å². The molecule has 0 atom stereocenters. The second kappa shape index (κ2) is 5.67. The van der Waals surface area contributed by atoms with Gasteiger partial charge in [-0.2, -0.15) is 4.31 Å². The molecule has 0 bridgehead atoms. The molecule has 1 heterocycles. The molecule has 0 fully saturated rings. The molecule has 2 rings (SSSR count). The van der Waals surface area contributed by atoms with Crippen molar-refractivity contribution in [3.8, 4) is 0 Å². The van der Waals surface area contributed by atoms with Crippen molar-refractivity contribution in [1.29, 1.82) is 0 Å². The number of furan rings is 1. The Balaban J connectivity index is 2.27. The van der Waals surface area contributed by atoms with Gasteiger partial charge in [0.15, 0.2) is 0 Å². The minimum absolute atomic E-state index is 0.0911. The van der Waals surface area contributed by atoms with Crippen molar-refractivity contribution in [2.75, 3.05) is 7.05 Å². The summed E-state index contributed by atoms with van der Waals surface area (Å²) in [5, 5.41) is 0. The van der Waals surface area contributed by atoms with Gasteiger partial charge in [0.1, 0.15) is 17.3 Å². The molecule has 0 amide bonds. The Kier molecular flexibility index (Phi) is 4.31. The zero-order valence-corrected chi connectivity index (χ0v) is 13.3. The summed E-state index contributed by atoms with van der Waals surface area (Å²) in [4.78, 5) is -0.0935. The summed E-state index contributed by atoms with van der Waals surface area (Å²) in [5.74, 6) is 0.625. The summed E-state index contributed by atoms with van der Waals surface area (Å²) in [5.41, 5.74) is 0. The maximum absolute atomic E-state index is 13.5. The second-order valence-corrected chi connectivity index (χ2v) is 7.25. The molecule has 7 heteroatoms. The maximum Gasteiger partial charge on any atom is 0.243 e. The van der Waals surface area contributed by atoms with Gasteiger partial charge < -0.3 is 4.42 Å². The number of halogens is 2. The average Bonchev–Trinajstić information content (AvgIpc) is 2.78. The average molecular weight is 362 g/mol. The minimum atomic E-state index is -3.75. The van der Waals surface area contributed by atoms with Gasteiger partial charge in [0.05, 0.1) is 15.9 Å². The zero-order chi connectivity index (χ0) is 14.9. The van der Waals surface area contributed by atoms with E-state index in [0.717, 1.165) is 10.4 Å². The van der Waals surface area contributed by atoms with Crippen LogP contribution in [0.25, 0.3) is 0 Å². The van der Waals surface area contributed by atoms with Crippen LogP contribution < -0.4 is 0 Å². The molecule has 0 unspecified atom stereocenters. The Morgan fingerprint density at radius 3 is 2.55 bits per heavy atom. The van der Waals surface area contributed by atoms with Crippen molar-refractivity contribution in [3.63, 3.8) is 0 Å². The lowest BCUT2D eigenvalue weighted by Gasteiger charge is -2.16. The predicted molar refractivity (Wildman–Crippen MR) is 76.2 cm³/mol. The number of rotatable bonds is 4. The fourth-order valence-electron chi connectivity index (χ4n) is 1.69. The number of hydrogen-bond donors (Lipinski definition) is 0. The normalized spacial score (nSPS) is 12.1. The van der Waals surface area contributed by atoms with Crippen molar-refractivity contribution in [1.82, 2.24) is 4.31 Å². The van der Waals surface area contributed by atoms with Gasteiger partial charge in [-0.3, -0.25) is 0 Å². The number of benzene rings is 1. The summed E-state index contributed by atoms with van der Waals surface area (Å²) in [6.45, 7) is 1.87. The molecule has 2 aromatic rings. The van der Waals surface area contributed by atoms with Crippen molar-refractivity contribution < 1.29 is 17.2 Å². The Hall–Kier alpha value is -1.18. The Morgan fingerprint density at radius 2 is 2.00 bits per heavy atom. The van der Waals surface area contributed by atoms with Gasteiger partial charge in [0, 0.05) is 7.05 Å². The summed E-state index contributed by atoms with van der Waals surface area (Å²) in [6, 6.07) is 7.18. The fraction of sp³-hybridized carbons (Fsp3) is 0.231. The van der Waals surface area contributed by atoms with Crippen LogP contribution in [-0.4, -0.2) is 19.8 Å². The molecule has 0 saturated carbocycles. The van der Waals surface area contributed by atoms with E-state index in [4.69, 9.17) is 4.42 Å². The quantitative estimate of drug-likeness (QED) is 0.839. The summed E-state index contributed by atoms with van der Waals surface area (Å²) < 4.78 is 44.8. The van der Waals surface area contributed by atoms with Crippen LogP contribution >= 0.6 is 15.9 Å². The minimum Gasteiger partial charge on any atom is -0.465 e. The third-order valence-electron chi connectivity index (χ3n) is 2.77. The third kappa shape index (κ3) is 3.11. The van der Waals surface area contributed by atoms with Crippen molar-refractivity contribution in [2.24, 2.45) is 0 Å². The van der Waals surface area contributed by atoms with Crippen molar-refractivity contribution in [2.45, 2.75) is 18.4 Å². The Labute approximate surface area is 125 Å². The van der Waals surface area contributed by atoms with Crippen LogP contribution in [0.2, 0.25) is 0 Å². The lowest BCUT2D eigenvalue weighted by atomic mass is 10.3. The smallest absolute Gasteiger partial charge is 0.243 e. The van der Waals surface area contributed by atoms with Crippen LogP contribution in [0, 0.1) is 12.7 Å². The number of aryl methyl sites for hydroxylation is 1. The van der Waals surface area contributed by atoms with E-state index in [0.29, 0.717) is 11.5 Å². The highest BCUT2D eigenvalue weighted by molar-refractivity contribution is 9.10. The van der Waals surface area contributed by atoms with E-state index in [1.165, 1.54) is 19.2 Å². The van der Waals surface area contributed by atoms with Gasteiger partial charge in [-0.25, -0.2) is 12.8 Å². The molecular formula is C13H13BrFNO3S. The van der Waals surface area contributed by atoms with Crippen LogP contribution in [0.3, 0.4) is 0 Å². The standard InChI is InChI=1S/C13H13BrFNO3S/c1-9-3-4-10(19-9)8-16(2)20(17,18)11-5-6-12(14)13(15)7-11/h3-7H,8H2,1-2H3. The van der Waals surface area contributed by atoms with Crippen LogP contribution in [0.4, 0.5) is 4.39 Å². The highest BCUT2D eigenvalue weighted by atomic mass is 79.9. The molecule has 0 aliphatic carbocycles. The molecule has 0 aliphatic heterocycles. The molecule has 108 valence electrons. The van der Waals surface area contributed by atoms with E-state index in [1.54, 1.807) is 19.1 Å². The lowest BCUT2D eigenvalue weighted by molar-refractivity contribution is 0.397. The van der Waals surface area contributed by atoms with E-state index in [9.17, 15) is 12.8 Å². The molecule has 20 heavy (non-hydrogen) atoms. The third-order valence-corrected chi connectivity index (χ3v) is 5.22. The second-order valence-electron chi connectivity index (χ2n) is 4.35. The topological polar surface area (TPSA) is 50.5 Å². The van der Waals surface area contributed by atoms with Gasteiger partial charge >= 0.3 is 0 Å². The Morgan fingerprint density at radius 1 is 1.30 bits per heavy atom. The lowest BCUT2D eigenvalue weighted by Crippen LogP contribution is -2.26. The molecule has 0 spiro atoms. The van der Waals surface area contributed by atoms with Crippen molar-refractivity contribution in [3.05, 3.63) is 52.1 Å². The van der Waals surface area contributed by atoms with Gasteiger partial charge in [0.2, 0.25) is 10.0 Å². The highest BCUT2D eigenvalue weighted by Gasteiger charge is 2.22. The first-order valence-corrected chi connectivity index (χ1v) is 8.01. The molecule has 0 aliphatic rings. The molecule has 0 radical (unpaired) electrons. The highest BCUT2D eigenvalue weighted by Crippen LogP contribution is 2.22. The van der Waals surface area contributed by atoms with Gasteiger partial charge in [-0.1, -0.05) is 0 Å². The summed E-state index contributed by atoms with van der Waals surface area (Å²) in [6.07, 6.45) is 0. The SMILES string of the molecule is Cc1ccc(CN(C)S(=O)(=O)c2ccc(Br)c(F)c2)o1. The number of hydrogen-bond acceptors (Lipinski definition) is 3. The van der Waals surface area contributed by atoms with E-state index in [1.807, 2.05) is 0 Å². The predicted octanol–water partition coefficient (Wildman–Crippen LogP) is 3.31. The first-order valence-electron chi connectivity index (χ1n) is 5.77. The van der Waals surface area contributed by atoms with Crippen molar-refractivity contribution >= 4 is 26.0 Å². The molecule has 1 aromatic heterocycles. The van der Waals surface area contributed by atoms with Gasteiger partial charge in [0.25, 0.3) is 0 Å². The largest absolute Gasteiger partial charge is 0.465 e. The van der Waals surface area contributed by atoms with Crippen LogP contribution in [0.1, 0.15) is 11.5 Å². The van der Waals surface area contributed by atoms with Gasteiger partial charge in [-0.15, -0.1) is 0 Å². The first kappa shape index (κ1) is 15.2. The first-order chi connectivity index (χ1) is 9.30. The molecular weight excluding hydrogens is 349 g/mol. The van der Waals surface area contributed by atoms with Gasteiger partial charge in [-0.05, 0) is 53.2 Å². The molecule has 0 N–H and O–H groups in total. The maximum atomic E-state index is 13.5. The fourth-order valence-corrected chi connectivity index (χ4v) is 3.09. The monoisotopic (exact) mass is 361 g/mol. The van der Waals surface area contributed by atoms with Crippen LogP contribution in [0.5, 0.6) is 0 Å². The molecule has 4 nitrogen and oxygen atoms in total.